The van der Waals surface area contributed by atoms with Gasteiger partial charge in [0.1, 0.15) is 11.3 Å². The highest BCUT2D eigenvalue weighted by molar-refractivity contribution is 5.65. The molecule has 3 aromatic carbocycles. The van der Waals surface area contributed by atoms with Gasteiger partial charge in [-0.05, 0) is 28.8 Å². The first kappa shape index (κ1) is 19.5. The van der Waals surface area contributed by atoms with Gasteiger partial charge < -0.3 is 14.2 Å². The van der Waals surface area contributed by atoms with E-state index < -0.39 is 11.9 Å². The van der Waals surface area contributed by atoms with E-state index in [4.69, 9.17) is 17.0 Å². The number of aliphatic imine (C=N–C) groups is 1. The molecule has 34 heavy (non-hydrogen) atoms. The van der Waals surface area contributed by atoms with Gasteiger partial charge in [0.25, 0.3) is 0 Å². The molecule has 1 aliphatic rings. The standard InChI is InChI=1S/C28H28N4O2/c1-3-26-30-27(34-31-26)21-18-29-20-32(19-21)28(22-10-6-4-7-11-22,23-12-8-5-9-13-23)24-14-16-25(33-2)17-15-24/h4-17,20-21H,3,18-19H2,1-2H3/i3D2. The van der Waals surface area contributed by atoms with E-state index in [1.165, 1.54) is 6.92 Å². The third-order valence-electron chi connectivity index (χ3n) is 6.30. The molecule has 0 N–H and O–H groups in total. The Morgan fingerprint density at radius 2 is 1.59 bits per heavy atom. The first-order valence-corrected chi connectivity index (χ1v) is 11.3. The van der Waals surface area contributed by atoms with Crippen molar-refractivity contribution in [3.63, 3.8) is 0 Å². The summed E-state index contributed by atoms with van der Waals surface area (Å²) < 4.78 is 26.8. The summed E-state index contributed by atoms with van der Waals surface area (Å²) in [7, 11) is 1.66. The number of aryl methyl sites for hydroxylation is 1. The van der Waals surface area contributed by atoms with Crippen LogP contribution in [0.2, 0.25) is 0 Å². The van der Waals surface area contributed by atoms with Crippen molar-refractivity contribution in [1.82, 2.24) is 15.0 Å². The fourth-order valence-electron chi connectivity index (χ4n) is 4.69. The van der Waals surface area contributed by atoms with Gasteiger partial charge in [0.2, 0.25) is 5.89 Å². The third-order valence-corrected chi connectivity index (χ3v) is 6.30. The summed E-state index contributed by atoms with van der Waals surface area (Å²) in [6.07, 6.45) is 0.220. The summed E-state index contributed by atoms with van der Waals surface area (Å²) in [5, 5.41) is 3.90. The average Bonchev–Trinajstić information content (AvgIpc) is 3.43. The molecule has 0 fully saturated rings. The molecule has 0 aliphatic carbocycles. The summed E-state index contributed by atoms with van der Waals surface area (Å²) >= 11 is 0. The molecule has 0 saturated heterocycles. The van der Waals surface area contributed by atoms with E-state index in [9.17, 15) is 0 Å². The summed E-state index contributed by atoms with van der Waals surface area (Å²) in [6, 6.07) is 28.9. The maximum atomic E-state index is 7.94. The molecule has 0 spiro atoms. The molecule has 5 rings (SSSR count). The van der Waals surface area contributed by atoms with Crippen LogP contribution in [0, 0.1) is 0 Å². The van der Waals surface area contributed by atoms with Crippen molar-refractivity contribution in [2.24, 2.45) is 4.99 Å². The molecule has 0 radical (unpaired) electrons. The van der Waals surface area contributed by atoms with Crippen LogP contribution >= 0.6 is 0 Å². The number of aromatic nitrogens is 2. The van der Waals surface area contributed by atoms with E-state index in [2.05, 4.69) is 51.4 Å². The smallest absolute Gasteiger partial charge is 0.233 e. The first-order chi connectivity index (χ1) is 17.4. The number of rotatable bonds is 7. The summed E-state index contributed by atoms with van der Waals surface area (Å²) in [5.74, 6) is 1.03. The molecule has 0 saturated carbocycles. The predicted molar refractivity (Wildman–Crippen MR) is 132 cm³/mol. The van der Waals surface area contributed by atoms with Crippen molar-refractivity contribution in [3.05, 3.63) is 113 Å². The Morgan fingerprint density at radius 1 is 0.971 bits per heavy atom. The molecule has 1 aliphatic heterocycles. The van der Waals surface area contributed by atoms with Crippen molar-refractivity contribution in [3.8, 4) is 5.75 Å². The Kier molecular flexibility index (Phi) is 5.46. The maximum Gasteiger partial charge on any atom is 0.233 e. The molecule has 4 aromatic rings. The van der Waals surface area contributed by atoms with E-state index in [-0.39, 0.29) is 11.7 Å². The van der Waals surface area contributed by atoms with Crippen LogP contribution in [0.4, 0.5) is 0 Å². The maximum absolute atomic E-state index is 7.94. The van der Waals surface area contributed by atoms with Crippen LogP contribution in [0.1, 0.15) is 44.0 Å². The van der Waals surface area contributed by atoms with Gasteiger partial charge >= 0.3 is 0 Å². The normalized spacial score (nSPS) is 17.2. The molecule has 1 unspecified atom stereocenters. The van der Waals surface area contributed by atoms with Gasteiger partial charge in [-0.1, -0.05) is 84.9 Å². The van der Waals surface area contributed by atoms with E-state index in [0.717, 1.165) is 22.4 Å². The number of hydrogen-bond acceptors (Lipinski definition) is 6. The Balaban J connectivity index is 1.67. The predicted octanol–water partition coefficient (Wildman–Crippen LogP) is 5.06. The van der Waals surface area contributed by atoms with Crippen LogP contribution in [-0.2, 0) is 11.9 Å². The number of ether oxygens (including phenoxy) is 1. The number of benzene rings is 3. The largest absolute Gasteiger partial charge is 0.497 e. The van der Waals surface area contributed by atoms with Crippen LogP contribution in [0.3, 0.4) is 0 Å². The Hall–Kier alpha value is -3.93. The highest BCUT2D eigenvalue weighted by Crippen LogP contribution is 2.43. The van der Waals surface area contributed by atoms with Gasteiger partial charge in [0.05, 0.1) is 25.9 Å². The fraction of sp³-hybridized carbons (Fsp3) is 0.250. The monoisotopic (exact) mass is 454 g/mol. The fourth-order valence-corrected chi connectivity index (χ4v) is 4.69. The third kappa shape index (κ3) is 3.85. The zero-order valence-corrected chi connectivity index (χ0v) is 19.3. The quantitative estimate of drug-likeness (QED) is 0.365. The number of methoxy groups -OCH3 is 1. The summed E-state index contributed by atoms with van der Waals surface area (Å²) in [6.45, 7) is 2.45. The SMILES string of the molecule is [2H]C([2H])(C)c1noc(C2CN=CN(C(c3ccccc3)(c3ccccc3)c3ccc(OC)cc3)C2)n1. The molecule has 2 heterocycles. The second-order valence-electron chi connectivity index (χ2n) is 8.21. The minimum Gasteiger partial charge on any atom is -0.497 e. The topological polar surface area (TPSA) is 63.8 Å². The molecule has 1 aromatic heterocycles. The zero-order valence-electron chi connectivity index (χ0n) is 21.3. The highest BCUT2D eigenvalue weighted by atomic mass is 16.5. The van der Waals surface area contributed by atoms with Gasteiger partial charge in [0, 0.05) is 15.7 Å². The van der Waals surface area contributed by atoms with Gasteiger partial charge in [-0.3, -0.25) is 4.99 Å². The molecular formula is C28H28N4O2. The average molecular weight is 455 g/mol. The molecule has 0 bridgehead atoms. The number of hydrogen-bond donors (Lipinski definition) is 0. The van der Waals surface area contributed by atoms with Crippen molar-refractivity contribution in [1.29, 1.82) is 0 Å². The Morgan fingerprint density at radius 3 is 2.15 bits per heavy atom. The second kappa shape index (κ2) is 9.51. The van der Waals surface area contributed by atoms with E-state index >= 15 is 0 Å². The molecule has 172 valence electrons. The van der Waals surface area contributed by atoms with Crippen LogP contribution in [-0.4, -0.2) is 41.6 Å². The second-order valence-corrected chi connectivity index (χ2v) is 8.21. The van der Waals surface area contributed by atoms with E-state index in [1.54, 1.807) is 7.11 Å². The molecule has 6 nitrogen and oxygen atoms in total. The first-order valence-electron chi connectivity index (χ1n) is 12.3. The van der Waals surface area contributed by atoms with Gasteiger partial charge in [-0.2, -0.15) is 4.98 Å². The minimum absolute atomic E-state index is 0.0474. The highest BCUT2D eigenvalue weighted by Gasteiger charge is 2.43. The van der Waals surface area contributed by atoms with E-state index in [1.807, 2.05) is 54.9 Å². The Labute approximate surface area is 202 Å². The van der Waals surface area contributed by atoms with Gasteiger partial charge in [-0.15, -0.1) is 0 Å². The lowest BCUT2D eigenvalue weighted by Gasteiger charge is -2.46. The van der Waals surface area contributed by atoms with Crippen LogP contribution < -0.4 is 4.74 Å². The summed E-state index contributed by atoms with van der Waals surface area (Å²) in [5.41, 5.74) is 2.54. The zero-order chi connectivity index (χ0) is 25.2. The van der Waals surface area contributed by atoms with Crippen molar-refractivity contribution in [2.45, 2.75) is 24.8 Å². The van der Waals surface area contributed by atoms with Crippen molar-refractivity contribution >= 4 is 6.34 Å². The van der Waals surface area contributed by atoms with Gasteiger partial charge in [0.15, 0.2) is 5.82 Å². The molecule has 0 amide bonds. The molecule has 1 atom stereocenters. The lowest BCUT2D eigenvalue weighted by molar-refractivity contribution is 0.228. The van der Waals surface area contributed by atoms with Crippen LogP contribution in [0.5, 0.6) is 5.75 Å². The van der Waals surface area contributed by atoms with Gasteiger partial charge in [-0.25, -0.2) is 0 Å². The number of nitrogens with zero attached hydrogens (tertiary/aromatic N) is 4. The van der Waals surface area contributed by atoms with Crippen LogP contribution in [0.15, 0.2) is 94.4 Å². The van der Waals surface area contributed by atoms with Crippen molar-refractivity contribution in [2.75, 3.05) is 20.2 Å². The Bertz CT molecular complexity index is 1280. The molecule has 6 heteroatoms. The lowest BCUT2D eigenvalue weighted by Crippen LogP contribution is -2.50. The van der Waals surface area contributed by atoms with Crippen molar-refractivity contribution < 1.29 is 12.0 Å². The minimum atomic E-state index is -1.68. The summed E-state index contributed by atoms with van der Waals surface area (Å²) in [4.78, 5) is 11.3. The van der Waals surface area contributed by atoms with Crippen LogP contribution in [0.25, 0.3) is 0 Å². The molecular weight excluding hydrogens is 424 g/mol. The van der Waals surface area contributed by atoms with E-state index in [0.29, 0.717) is 19.0 Å². The lowest BCUT2D eigenvalue weighted by atomic mass is 9.75.